The van der Waals surface area contributed by atoms with Gasteiger partial charge in [-0.1, -0.05) is 29.8 Å². The molecule has 3 rings (SSSR count). The maximum absolute atomic E-state index is 11.9. The summed E-state index contributed by atoms with van der Waals surface area (Å²) in [5, 5.41) is 0. The zero-order chi connectivity index (χ0) is 13.4. The van der Waals surface area contributed by atoms with Crippen LogP contribution >= 0.6 is 22.9 Å². The van der Waals surface area contributed by atoms with E-state index >= 15 is 0 Å². The Bertz CT molecular complexity index is 635. The van der Waals surface area contributed by atoms with Crippen molar-refractivity contribution in [3.8, 4) is 10.4 Å². The van der Waals surface area contributed by atoms with E-state index in [2.05, 4.69) is 18.2 Å². The third-order valence-corrected chi connectivity index (χ3v) is 4.70. The number of anilines is 1. The van der Waals surface area contributed by atoms with Crippen LogP contribution in [0.15, 0.2) is 30.3 Å². The van der Waals surface area contributed by atoms with Crippen LogP contribution in [0, 0.1) is 0 Å². The van der Waals surface area contributed by atoms with E-state index < -0.39 is 0 Å². The molecule has 0 unspecified atom stereocenters. The van der Waals surface area contributed by atoms with E-state index in [-0.39, 0.29) is 5.91 Å². The van der Waals surface area contributed by atoms with Gasteiger partial charge in [0.05, 0.1) is 10.0 Å². The zero-order valence-electron chi connectivity index (χ0n) is 10.6. The lowest BCUT2D eigenvalue weighted by atomic mass is 9.97. The zero-order valence-corrected chi connectivity index (χ0v) is 12.2. The van der Waals surface area contributed by atoms with Gasteiger partial charge in [0.1, 0.15) is 0 Å². The van der Waals surface area contributed by atoms with Crippen molar-refractivity contribution < 1.29 is 4.79 Å². The Hall–Kier alpha value is -1.32. The minimum atomic E-state index is 0.107. The molecule has 19 heavy (non-hydrogen) atoms. The summed E-state index contributed by atoms with van der Waals surface area (Å²) in [7, 11) is 0. The second kappa shape index (κ2) is 4.99. The lowest BCUT2D eigenvalue weighted by molar-refractivity contribution is -0.116. The Morgan fingerprint density at radius 2 is 2.16 bits per heavy atom. The molecule has 2 heterocycles. The van der Waals surface area contributed by atoms with E-state index in [1.165, 1.54) is 5.56 Å². The van der Waals surface area contributed by atoms with Crippen LogP contribution in [0.2, 0.25) is 4.34 Å². The average Bonchev–Trinajstić information content (AvgIpc) is 2.83. The van der Waals surface area contributed by atoms with Gasteiger partial charge in [0.2, 0.25) is 5.91 Å². The first kappa shape index (κ1) is 12.7. The number of hydrogen-bond acceptors (Lipinski definition) is 2. The van der Waals surface area contributed by atoms with Crippen molar-refractivity contribution in [3.05, 3.63) is 40.2 Å². The van der Waals surface area contributed by atoms with Crippen molar-refractivity contribution in [1.82, 2.24) is 0 Å². The van der Waals surface area contributed by atoms with Crippen LogP contribution in [-0.4, -0.2) is 12.5 Å². The number of hydrogen-bond donors (Lipinski definition) is 0. The number of para-hydroxylation sites is 1. The quantitative estimate of drug-likeness (QED) is 0.764. The smallest absolute Gasteiger partial charge is 0.223 e. The molecule has 0 aliphatic carbocycles. The molecule has 0 atom stereocenters. The molecule has 1 aromatic heterocycles. The number of carbonyl (C=O) groups excluding carboxylic acids is 1. The van der Waals surface area contributed by atoms with Gasteiger partial charge in [0.25, 0.3) is 0 Å². The molecule has 1 aliphatic rings. The van der Waals surface area contributed by atoms with Crippen LogP contribution < -0.4 is 4.90 Å². The van der Waals surface area contributed by atoms with Crippen LogP contribution in [0.1, 0.15) is 18.9 Å². The van der Waals surface area contributed by atoms with Gasteiger partial charge in [-0.3, -0.25) is 4.79 Å². The number of rotatable bonds is 1. The molecule has 0 bridgehead atoms. The fourth-order valence-corrected chi connectivity index (χ4v) is 3.69. The van der Waals surface area contributed by atoms with Crippen LogP contribution in [0.3, 0.4) is 0 Å². The van der Waals surface area contributed by atoms with Gasteiger partial charge >= 0.3 is 0 Å². The van der Waals surface area contributed by atoms with E-state index in [4.69, 9.17) is 11.6 Å². The molecule has 1 aliphatic heterocycles. The van der Waals surface area contributed by atoms with E-state index in [0.717, 1.165) is 39.9 Å². The number of nitrogens with zero attached hydrogens (tertiary/aromatic N) is 1. The van der Waals surface area contributed by atoms with Crippen molar-refractivity contribution >= 4 is 34.5 Å². The summed E-state index contributed by atoms with van der Waals surface area (Å²) in [4.78, 5) is 14.9. The summed E-state index contributed by atoms with van der Waals surface area (Å²) in [5.41, 5.74) is 3.44. The van der Waals surface area contributed by atoms with Gasteiger partial charge in [0, 0.05) is 23.9 Å². The Kier molecular flexibility index (Phi) is 3.33. The average molecular weight is 292 g/mol. The van der Waals surface area contributed by atoms with Gasteiger partial charge in [-0.25, -0.2) is 0 Å². The number of aryl methyl sites for hydroxylation is 1. The number of halogens is 1. The molecule has 0 spiro atoms. The number of fused-ring (bicyclic) bond motifs is 1. The molecule has 0 saturated carbocycles. The first-order valence-electron chi connectivity index (χ1n) is 6.32. The lowest BCUT2D eigenvalue weighted by Gasteiger charge is -2.30. The second-order valence-electron chi connectivity index (χ2n) is 4.69. The van der Waals surface area contributed by atoms with E-state index in [1.54, 1.807) is 18.3 Å². The minimum absolute atomic E-state index is 0.107. The number of benzene rings is 1. The minimum Gasteiger partial charge on any atom is -0.312 e. The number of carbonyl (C=O) groups is 1. The molecule has 2 nitrogen and oxygen atoms in total. The molecule has 0 saturated heterocycles. The Labute approximate surface area is 121 Å². The molecule has 0 N–H and O–H groups in total. The highest BCUT2D eigenvalue weighted by Gasteiger charge is 2.23. The predicted octanol–water partition coefficient (Wildman–Crippen LogP) is 4.37. The van der Waals surface area contributed by atoms with Crippen LogP contribution in [-0.2, 0) is 11.2 Å². The fourth-order valence-electron chi connectivity index (χ4n) is 2.62. The largest absolute Gasteiger partial charge is 0.312 e. The Balaban J connectivity index is 2.18. The first-order valence-corrected chi connectivity index (χ1v) is 7.52. The molecule has 0 fully saturated rings. The fraction of sp³-hybridized carbons (Fsp3) is 0.267. The second-order valence-corrected chi connectivity index (χ2v) is 6.41. The maximum atomic E-state index is 11.9. The van der Waals surface area contributed by atoms with Crippen molar-refractivity contribution in [2.45, 2.75) is 19.8 Å². The summed E-state index contributed by atoms with van der Waals surface area (Å²) in [6.45, 7) is 2.44. The molecule has 4 heteroatoms. The van der Waals surface area contributed by atoms with E-state index in [0.29, 0.717) is 0 Å². The predicted molar refractivity (Wildman–Crippen MR) is 81.1 cm³/mol. The first-order chi connectivity index (χ1) is 9.16. The molecule has 98 valence electrons. The molecule has 0 radical (unpaired) electrons. The van der Waals surface area contributed by atoms with Gasteiger partial charge < -0.3 is 4.90 Å². The summed E-state index contributed by atoms with van der Waals surface area (Å²) < 4.78 is 0.776. The van der Waals surface area contributed by atoms with Crippen molar-refractivity contribution in [2.24, 2.45) is 0 Å². The summed E-state index contributed by atoms with van der Waals surface area (Å²) in [6.07, 6.45) is 2.06. The number of thiophene rings is 1. The SMILES string of the molecule is CC(=O)N1CCCc2cccc(-c3ccc(Cl)s3)c21. The maximum Gasteiger partial charge on any atom is 0.223 e. The van der Waals surface area contributed by atoms with Crippen molar-refractivity contribution in [1.29, 1.82) is 0 Å². The highest BCUT2D eigenvalue weighted by atomic mass is 35.5. The Morgan fingerprint density at radius 3 is 2.84 bits per heavy atom. The number of amides is 1. The van der Waals surface area contributed by atoms with Crippen molar-refractivity contribution in [3.63, 3.8) is 0 Å². The molecular formula is C15H14ClNOS. The lowest BCUT2D eigenvalue weighted by Crippen LogP contribution is -2.33. The van der Waals surface area contributed by atoms with Crippen LogP contribution in [0.4, 0.5) is 5.69 Å². The highest BCUT2D eigenvalue weighted by molar-refractivity contribution is 7.19. The highest BCUT2D eigenvalue weighted by Crippen LogP contribution is 2.41. The van der Waals surface area contributed by atoms with Gasteiger partial charge in [-0.15, -0.1) is 11.3 Å². The summed E-state index contributed by atoms with van der Waals surface area (Å²) in [6, 6.07) is 10.2. The summed E-state index contributed by atoms with van der Waals surface area (Å²) in [5.74, 6) is 0.107. The van der Waals surface area contributed by atoms with E-state index in [9.17, 15) is 4.79 Å². The molecule has 1 aromatic carbocycles. The normalized spacial score (nSPS) is 14.3. The third kappa shape index (κ3) is 2.28. The van der Waals surface area contributed by atoms with Crippen molar-refractivity contribution in [2.75, 3.05) is 11.4 Å². The molecule has 1 amide bonds. The van der Waals surface area contributed by atoms with Crippen LogP contribution in [0.5, 0.6) is 0 Å². The topological polar surface area (TPSA) is 20.3 Å². The van der Waals surface area contributed by atoms with E-state index in [1.807, 2.05) is 17.0 Å². The molecular weight excluding hydrogens is 278 g/mol. The van der Waals surface area contributed by atoms with Gasteiger partial charge in [0.15, 0.2) is 0 Å². The Morgan fingerprint density at radius 1 is 1.32 bits per heavy atom. The molecule has 2 aromatic rings. The monoisotopic (exact) mass is 291 g/mol. The van der Waals surface area contributed by atoms with Gasteiger partial charge in [-0.2, -0.15) is 0 Å². The van der Waals surface area contributed by atoms with Crippen LogP contribution in [0.25, 0.3) is 10.4 Å². The van der Waals surface area contributed by atoms with Gasteiger partial charge in [-0.05, 0) is 30.5 Å². The third-order valence-electron chi connectivity index (χ3n) is 3.44. The summed E-state index contributed by atoms with van der Waals surface area (Å²) >= 11 is 7.59. The standard InChI is InChI=1S/C15H14ClNOS/c1-10(18)17-9-3-5-11-4-2-6-12(15(11)17)13-7-8-14(16)19-13/h2,4,6-8H,3,5,9H2,1H3.